The van der Waals surface area contributed by atoms with Crippen molar-refractivity contribution in [1.82, 2.24) is 29.5 Å². The highest BCUT2D eigenvalue weighted by Gasteiger charge is 2.26. The van der Waals surface area contributed by atoms with Gasteiger partial charge in [-0.05, 0) is 43.3 Å². The normalized spacial score (nSPS) is 14.1. The first kappa shape index (κ1) is 19.0. The van der Waals surface area contributed by atoms with Gasteiger partial charge in [-0.25, -0.2) is 4.98 Å². The third kappa shape index (κ3) is 3.77. The largest absolute Gasteiger partial charge is 0.352 e. The highest BCUT2D eigenvalue weighted by atomic mass is 16.2. The van der Waals surface area contributed by atoms with Crippen LogP contribution >= 0.6 is 0 Å². The summed E-state index contributed by atoms with van der Waals surface area (Å²) in [5.41, 5.74) is 3.08. The number of rotatable bonds is 4. The van der Waals surface area contributed by atoms with Gasteiger partial charge in [0.1, 0.15) is 11.3 Å². The fourth-order valence-corrected chi connectivity index (χ4v) is 3.80. The Morgan fingerprint density at radius 3 is 2.52 bits per heavy atom. The number of nitrogens with zero attached hydrogens (tertiary/aromatic N) is 7. The second-order valence-electron chi connectivity index (χ2n) is 7.39. The number of aromatic nitrogens is 5. The maximum atomic E-state index is 13.2. The fraction of sp³-hybridized carbons (Fsp3) is 0.227. The van der Waals surface area contributed by atoms with Crippen LogP contribution in [0.1, 0.15) is 16.2 Å². The second kappa shape index (κ2) is 8.02. The van der Waals surface area contributed by atoms with E-state index in [2.05, 4.69) is 30.4 Å². The van der Waals surface area contributed by atoms with Crippen molar-refractivity contribution >= 4 is 28.9 Å². The molecular weight excluding hydrogens is 392 g/mol. The summed E-state index contributed by atoms with van der Waals surface area (Å²) in [6, 6.07) is 13.3. The van der Waals surface area contributed by atoms with E-state index in [9.17, 15) is 4.79 Å². The smallest absolute Gasteiger partial charge is 0.272 e. The summed E-state index contributed by atoms with van der Waals surface area (Å²) in [5.74, 6) is 1.49. The van der Waals surface area contributed by atoms with Crippen LogP contribution in [0.2, 0.25) is 0 Å². The van der Waals surface area contributed by atoms with E-state index < -0.39 is 0 Å². The van der Waals surface area contributed by atoms with Gasteiger partial charge in [0.2, 0.25) is 0 Å². The van der Waals surface area contributed by atoms with Gasteiger partial charge < -0.3 is 15.1 Å². The molecule has 0 unspecified atom stereocenters. The van der Waals surface area contributed by atoms with Crippen LogP contribution in [0, 0.1) is 6.92 Å². The zero-order valence-electron chi connectivity index (χ0n) is 17.1. The summed E-state index contributed by atoms with van der Waals surface area (Å²) in [6.07, 6.45) is 5.33. The van der Waals surface area contributed by atoms with Crippen molar-refractivity contribution in [3.05, 3.63) is 72.4 Å². The Balaban J connectivity index is 1.24. The van der Waals surface area contributed by atoms with Crippen LogP contribution in [0.3, 0.4) is 0 Å². The molecule has 1 fully saturated rings. The topological polar surface area (TPSA) is 91.6 Å². The lowest BCUT2D eigenvalue weighted by molar-refractivity contribution is 0.0738. The maximum Gasteiger partial charge on any atom is 0.272 e. The van der Waals surface area contributed by atoms with Crippen molar-refractivity contribution in [1.29, 1.82) is 0 Å². The highest BCUT2D eigenvalue weighted by Crippen LogP contribution is 2.19. The molecule has 0 atom stereocenters. The van der Waals surface area contributed by atoms with E-state index in [1.54, 1.807) is 12.4 Å². The summed E-state index contributed by atoms with van der Waals surface area (Å²) in [7, 11) is 0. The summed E-state index contributed by atoms with van der Waals surface area (Å²) < 4.78 is 1.87. The summed E-state index contributed by atoms with van der Waals surface area (Å²) in [6.45, 7) is 4.53. The Bertz CT molecular complexity index is 1200. The number of fused-ring (bicyclic) bond motifs is 1. The highest BCUT2D eigenvalue weighted by molar-refractivity contribution is 5.94. The van der Waals surface area contributed by atoms with Gasteiger partial charge in [0.15, 0.2) is 11.6 Å². The predicted octanol–water partition coefficient (Wildman–Crippen LogP) is 2.53. The number of nitrogens with one attached hydrogen (secondary N) is 1. The number of pyridine rings is 2. The molecule has 4 aromatic heterocycles. The zero-order valence-corrected chi connectivity index (χ0v) is 17.1. The Kier molecular flexibility index (Phi) is 4.91. The van der Waals surface area contributed by atoms with Gasteiger partial charge in [-0.2, -0.15) is 0 Å². The molecule has 0 bridgehead atoms. The van der Waals surface area contributed by atoms with Crippen molar-refractivity contribution in [3.8, 4) is 0 Å². The van der Waals surface area contributed by atoms with Crippen molar-refractivity contribution in [2.45, 2.75) is 6.92 Å². The van der Waals surface area contributed by atoms with Gasteiger partial charge in [-0.15, -0.1) is 10.2 Å². The molecule has 0 saturated carbocycles. The number of carbonyl (C=O) groups excluding carboxylic acids is 1. The molecule has 1 aliphatic rings. The molecule has 4 aromatic rings. The van der Waals surface area contributed by atoms with Crippen molar-refractivity contribution < 1.29 is 4.79 Å². The quantitative estimate of drug-likeness (QED) is 0.549. The Morgan fingerprint density at radius 2 is 1.77 bits per heavy atom. The Labute approximate surface area is 179 Å². The zero-order chi connectivity index (χ0) is 21.2. The summed E-state index contributed by atoms with van der Waals surface area (Å²) in [5, 5.41) is 11.8. The van der Waals surface area contributed by atoms with Crippen LogP contribution < -0.4 is 10.2 Å². The molecule has 9 nitrogen and oxygen atoms in total. The third-order valence-corrected chi connectivity index (χ3v) is 5.40. The molecule has 1 saturated heterocycles. The monoisotopic (exact) mass is 414 g/mol. The third-order valence-electron chi connectivity index (χ3n) is 5.40. The number of imidazole rings is 1. The molecule has 0 aliphatic carbocycles. The van der Waals surface area contributed by atoms with Crippen molar-refractivity contribution in [2.75, 3.05) is 36.4 Å². The summed E-state index contributed by atoms with van der Waals surface area (Å²) >= 11 is 0. The number of aryl methyl sites for hydroxylation is 1. The molecule has 0 radical (unpaired) electrons. The number of anilines is 3. The molecule has 1 aliphatic heterocycles. The molecule has 0 aromatic carbocycles. The molecule has 0 spiro atoms. The first-order valence-electron chi connectivity index (χ1n) is 10.2. The lowest BCUT2D eigenvalue weighted by Gasteiger charge is -2.35. The van der Waals surface area contributed by atoms with Crippen LogP contribution in [0.25, 0.3) is 5.65 Å². The molecular formula is C22H22N8O. The molecule has 9 heteroatoms. The van der Waals surface area contributed by atoms with Crippen LogP contribution in [-0.2, 0) is 0 Å². The summed E-state index contributed by atoms with van der Waals surface area (Å²) in [4.78, 5) is 25.7. The predicted molar refractivity (Wildman–Crippen MR) is 118 cm³/mol. The number of hydrogen-bond donors (Lipinski definition) is 1. The fourth-order valence-electron chi connectivity index (χ4n) is 3.80. The number of carbonyl (C=O) groups is 1. The van der Waals surface area contributed by atoms with Crippen molar-refractivity contribution in [2.24, 2.45) is 0 Å². The molecule has 156 valence electrons. The standard InChI is InChI=1S/C22H22N8O/c1-16-21(30-11-3-2-4-19(30)24-16)22(31)29-14-12-28(13-15-29)20-6-5-18(26-27-20)25-17-7-9-23-10-8-17/h2-11H,12-15H2,1H3,(H,23,25,26). The lowest BCUT2D eigenvalue weighted by Crippen LogP contribution is -2.49. The minimum absolute atomic E-state index is 0.0128. The van der Waals surface area contributed by atoms with Gasteiger partial charge in [0.05, 0.1) is 5.69 Å². The number of hydrogen-bond acceptors (Lipinski definition) is 7. The average Bonchev–Trinajstić information content (AvgIpc) is 3.15. The van der Waals surface area contributed by atoms with Crippen LogP contribution in [0.4, 0.5) is 17.3 Å². The van der Waals surface area contributed by atoms with Gasteiger partial charge in [0, 0.05) is 50.5 Å². The molecule has 1 amide bonds. The molecule has 31 heavy (non-hydrogen) atoms. The van der Waals surface area contributed by atoms with Crippen molar-refractivity contribution in [3.63, 3.8) is 0 Å². The first-order chi connectivity index (χ1) is 15.2. The van der Waals surface area contributed by atoms with E-state index in [4.69, 9.17) is 0 Å². The Morgan fingerprint density at radius 1 is 0.968 bits per heavy atom. The molecule has 5 heterocycles. The Hall–Kier alpha value is -4.01. The van der Waals surface area contributed by atoms with Gasteiger partial charge >= 0.3 is 0 Å². The second-order valence-corrected chi connectivity index (χ2v) is 7.39. The van der Waals surface area contributed by atoms with E-state index in [1.165, 1.54) is 0 Å². The van der Waals surface area contributed by atoms with E-state index in [-0.39, 0.29) is 5.91 Å². The minimum Gasteiger partial charge on any atom is -0.352 e. The van der Waals surface area contributed by atoms with Gasteiger partial charge in [-0.1, -0.05) is 6.07 Å². The average molecular weight is 414 g/mol. The first-order valence-corrected chi connectivity index (χ1v) is 10.2. The van der Waals surface area contributed by atoms with E-state index in [1.807, 2.05) is 64.9 Å². The van der Waals surface area contributed by atoms with Crippen LogP contribution in [0.5, 0.6) is 0 Å². The molecule has 1 N–H and O–H groups in total. The van der Waals surface area contributed by atoms with Gasteiger partial charge in [-0.3, -0.25) is 14.2 Å². The number of piperazine rings is 1. The number of amides is 1. The van der Waals surface area contributed by atoms with Gasteiger partial charge in [0.25, 0.3) is 5.91 Å². The SMILES string of the molecule is Cc1nc2ccccn2c1C(=O)N1CCN(c2ccc(Nc3ccncc3)nn2)CC1. The lowest BCUT2D eigenvalue weighted by atomic mass is 10.2. The van der Waals surface area contributed by atoms with E-state index in [0.29, 0.717) is 37.7 Å². The van der Waals surface area contributed by atoms with Crippen LogP contribution in [0.15, 0.2) is 61.1 Å². The van der Waals surface area contributed by atoms with E-state index >= 15 is 0 Å². The minimum atomic E-state index is 0.0128. The van der Waals surface area contributed by atoms with Crippen LogP contribution in [-0.4, -0.2) is 61.6 Å². The maximum absolute atomic E-state index is 13.2. The molecule has 5 rings (SSSR count). The van der Waals surface area contributed by atoms with E-state index in [0.717, 1.165) is 22.8 Å².